The Morgan fingerprint density at radius 1 is 1.50 bits per heavy atom. The Balaban J connectivity index is 3.00. The van der Waals surface area contributed by atoms with Crippen molar-refractivity contribution in [2.75, 3.05) is 0 Å². The first kappa shape index (κ1) is 16.9. The first-order chi connectivity index (χ1) is 9.27. The summed E-state index contributed by atoms with van der Waals surface area (Å²) >= 11 is 5.67. The van der Waals surface area contributed by atoms with E-state index in [0.717, 1.165) is 24.6 Å². The molecule has 0 fully saturated rings. The average molecular weight is 324 g/mol. The van der Waals surface area contributed by atoms with Crippen LogP contribution in [0.15, 0.2) is 23.1 Å². The van der Waals surface area contributed by atoms with Crippen molar-refractivity contribution in [3.05, 3.63) is 29.0 Å². The number of rotatable bonds is 7. The molecule has 1 atom stereocenters. The van der Waals surface area contributed by atoms with Gasteiger partial charge in [0.05, 0.1) is 5.02 Å². The van der Waals surface area contributed by atoms with E-state index in [0.29, 0.717) is 6.42 Å². The van der Waals surface area contributed by atoms with Crippen LogP contribution in [-0.2, 0) is 14.8 Å². The summed E-state index contributed by atoms with van der Waals surface area (Å²) in [7, 11) is -4.11. The van der Waals surface area contributed by atoms with Gasteiger partial charge in [0.1, 0.15) is 16.8 Å². The first-order valence-electron chi connectivity index (χ1n) is 5.98. The summed E-state index contributed by atoms with van der Waals surface area (Å²) in [6.07, 6.45) is 1.48. The third-order valence-corrected chi connectivity index (χ3v) is 4.58. The highest BCUT2D eigenvalue weighted by Crippen LogP contribution is 2.22. The van der Waals surface area contributed by atoms with Gasteiger partial charge in [-0.25, -0.2) is 12.8 Å². The minimum atomic E-state index is -4.11. The monoisotopic (exact) mass is 323 g/mol. The number of hydrogen-bond acceptors (Lipinski definition) is 3. The molecule has 5 nitrogen and oxygen atoms in total. The van der Waals surface area contributed by atoms with Gasteiger partial charge in [-0.05, 0) is 24.6 Å². The van der Waals surface area contributed by atoms with Crippen LogP contribution in [-0.4, -0.2) is 25.5 Å². The first-order valence-corrected chi connectivity index (χ1v) is 7.84. The second-order valence-corrected chi connectivity index (χ2v) is 6.32. The van der Waals surface area contributed by atoms with Gasteiger partial charge in [0.15, 0.2) is 0 Å². The van der Waals surface area contributed by atoms with E-state index in [-0.39, 0.29) is 16.3 Å². The average Bonchev–Trinajstić information content (AvgIpc) is 2.33. The molecule has 0 spiro atoms. The van der Waals surface area contributed by atoms with Gasteiger partial charge >= 0.3 is 5.97 Å². The van der Waals surface area contributed by atoms with Gasteiger partial charge in [0, 0.05) is 0 Å². The Morgan fingerprint density at radius 3 is 2.65 bits per heavy atom. The number of benzene rings is 1. The molecule has 112 valence electrons. The van der Waals surface area contributed by atoms with Gasteiger partial charge < -0.3 is 5.11 Å². The molecule has 0 amide bonds. The van der Waals surface area contributed by atoms with Crippen LogP contribution in [0.25, 0.3) is 0 Å². The van der Waals surface area contributed by atoms with Crippen molar-refractivity contribution in [3.63, 3.8) is 0 Å². The number of hydrogen-bond donors (Lipinski definition) is 2. The maximum Gasteiger partial charge on any atom is 0.321 e. The van der Waals surface area contributed by atoms with E-state index >= 15 is 0 Å². The zero-order chi connectivity index (χ0) is 15.3. The molecule has 0 bridgehead atoms. The summed E-state index contributed by atoms with van der Waals surface area (Å²) in [5.74, 6) is -1.94. The highest BCUT2D eigenvalue weighted by atomic mass is 35.5. The molecule has 8 heteroatoms. The summed E-state index contributed by atoms with van der Waals surface area (Å²) in [5, 5.41) is 8.71. The van der Waals surface area contributed by atoms with Crippen LogP contribution in [0.2, 0.25) is 5.02 Å². The number of carbonyl (C=O) groups is 1. The van der Waals surface area contributed by atoms with Crippen molar-refractivity contribution in [1.29, 1.82) is 0 Å². The van der Waals surface area contributed by atoms with Crippen LogP contribution < -0.4 is 4.72 Å². The van der Waals surface area contributed by atoms with Crippen molar-refractivity contribution in [3.8, 4) is 0 Å². The molecule has 0 aliphatic rings. The largest absolute Gasteiger partial charge is 0.480 e. The number of sulfonamides is 1. The van der Waals surface area contributed by atoms with Gasteiger partial charge in [-0.1, -0.05) is 31.4 Å². The fourth-order valence-corrected chi connectivity index (χ4v) is 3.34. The van der Waals surface area contributed by atoms with Crippen LogP contribution in [0.1, 0.15) is 26.2 Å². The van der Waals surface area contributed by atoms with Crippen molar-refractivity contribution >= 4 is 27.6 Å². The lowest BCUT2D eigenvalue weighted by Gasteiger charge is -2.15. The van der Waals surface area contributed by atoms with Gasteiger partial charge in [-0.15, -0.1) is 0 Å². The minimum Gasteiger partial charge on any atom is -0.480 e. The molecular formula is C12H15ClFNO4S. The molecule has 1 rings (SSSR count). The molecule has 0 saturated carbocycles. The lowest BCUT2D eigenvalue weighted by molar-refractivity contribution is -0.139. The minimum absolute atomic E-state index is 0.171. The van der Waals surface area contributed by atoms with Crippen LogP contribution in [0, 0.1) is 5.82 Å². The van der Waals surface area contributed by atoms with Crippen LogP contribution in [0.3, 0.4) is 0 Å². The second-order valence-electron chi connectivity index (χ2n) is 4.23. The second kappa shape index (κ2) is 7.01. The highest BCUT2D eigenvalue weighted by Gasteiger charge is 2.26. The molecule has 1 aromatic carbocycles. The Labute approximate surface area is 121 Å². The topological polar surface area (TPSA) is 83.5 Å². The molecule has 0 saturated heterocycles. The zero-order valence-electron chi connectivity index (χ0n) is 10.8. The Kier molecular flexibility index (Phi) is 5.91. The Morgan fingerprint density at radius 2 is 2.15 bits per heavy atom. The quantitative estimate of drug-likeness (QED) is 0.807. The SMILES string of the molecule is CCCC[C@H](NS(=O)(=O)c1ccc(F)cc1Cl)C(=O)O. The maximum absolute atomic E-state index is 12.9. The molecule has 0 radical (unpaired) electrons. The van der Waals surface area contributed by atoms with E-state index in [4.69, 9.17) is 16.7 Å². The summed E-state index contributed by atoms with van der Waals surface area (Å²) < 4.78 is 39.1. The van der Waals surface area contributed by atoms with Crippen LogP contribution >= 0.6 is 11.6 Å². The molecule has 0 heterocycles. The van der Waals surface area contributed by atoms with Crippen LogP contribution in [0.5, 0.6) is 0 Å². The number of aliphatic carboxylic acids is 1. The highest BCUT2D eigenvalue weighted by molar-refractivity contribution is 7.89. The molecule has 2 N–H and O–H groups in total. The summed E-state index contributed by atoms with van der Waals surface area (Å²) in [6.45, 7) is 1.87. The third kappa shape index (κ3) is 4.43. The Bertz CT molecular complexity index is 591. The molecular weight excluding hydrogens is 309 g/mol. The van der Waals surface area contributed by atoms with Gasteiger partial charge in [0.25, 0.3) is 0 Å². The summed E-state index contributed by atoms with van der Waals surface area (Å²) in [4.78, 5) is 10.7. The van der Waals surface area contributed by atoms with Crippen LogP contribution in [0.4, 0.5) is 4.39 Å². The van der Waals surface area contributed by atoms with E-state index in [1.165, 1.54) is 0 Å². The van der Waals surface area contributed by atoms with Gasteiger partial charge in [-0.3, -0.25) is 4.79 Å². The molecule has 0 aliphatic carbocycles. The predicted molar refractivity (Wildman–Crippen MR) is 72.7 cm³/mol. The van der Waals surface area contributed by atoms with E-state index in [1.807, 2.05) is 6.92 Å². The van der Waals surface area contributed by atoms with Crippen molar-refractivity contribution in [2.24, 2.45) is 0 Å². The fourth-order valence-electron chi connectivity index (χ4n) is 1.58. The maximum atomic E-state index is 12.9. The predicted octanol–water partition coefficient (Wildman–Crippen LogP) is 2.40. The number of carboxylic acids is 1. The third-order valence-electron chi connectivity index (χ3n) is 2.63. The van der Waals surface area contributed by atoms with Crippen molar-refractivity contribution in [2.45, 2.75) is 37.1 Å². The molecule has 0 unspecified atom stereocenters. The standard InChI is InChI=1S/C12H15ClFNO4S/c1-2-3-4-10(12(16)17)15-20(18,19)11-6-5-8(14)7-9(11)13/h5-7,10,15H,2-4H2,1H3,(H,16,17)/t10-/m0/s1. The van der Waals surface area contributed by atoms with Crippen molar-refractivity contribution < 1.29 is 22.7 Å². The number of unbranched alkanes of at least 4 members (excludes halogenated alkanes) is 1. The van der Waals surface area contributed by atoms with E-state index in [9.17, 15) is 17.6 Å². The van der Waals surface area contributed by atoms with Crippen molar-refractivity contribution in [1.82, 2.24) is 4.72 Å². The molecule has 0 aliphatic heterocycles. The fraction of sp³-hybridized carbons (Fsp3) is 0.417. The summed E-state index contributed by atoms with van der Waals surface area (Å²) in [5.41, 5.74) is 0. The molecule has 20 heavy (non-hydrogen) atoms. The molecule has 1 aromatic rings. The van der Waals surface area contributed by atoms with Gasteiger partial charge in [0.2, 0.25) is 10.0 Å². The lowest BCUT2D eigenvalue weighted by atomic mass is 10.1. The Hall–Kier alpha value is -1.18. The van der Waals surface area contributed by atoms with Gasteiger partial charge in [-0.2, -0.15) is 4.72 Å². The number of carboxylic acid groups (broad SMARTS) is 1. The number of halogens is 2. The lowest BCUT2D eigenvalue weighted by Crippen LogP contribution is -2.40. The smallest absolute Gasteiger partial charge is 0.321 e. The van der Waals surface area contributed by atoms with E-state index < -0.39 is 27.9 Å². The van der Waals surface area contributed by atoms with E-state index in [1.54, 1.807) is 0 Å². The normalized spacial score (nSPS) is 13.2. The number of nitrogens with one attached hydrogen (secondary N) is 1. The van der Waals surface area contributed by atoms with E-state index in [2.05, 4.69) is 4.72 Å². The molecule has 0 aromatic heterocycles. The zero-order valence-corrected chi connectivity index (χ0v) is 12.3. The summed E-state index contributed by atoms with van der Waals surface area (Å²) in [6, 6.07) is 1.57.